The van der Waals surface area contributed by atoms with Crippen molar-refractivity contribution < 1.29 is 0 Å². The zero-order chi connectivity index (χ0) is 16.5. The van der Waals surface area contributed by atoms with E-state index < -0.39 is 0 Å². The van der Waals surface area contributed by atoms with Gasteiger partial charge in [-0.3, -0.25) is 4.98 Å². The maximum Gasteiger partial charge on any atom is 0.150 e. The van der Waals surface area contributed by atoms with Crippen LogP contribution >= 0.6 is 0 Å². The Bertz CT molecular complexity index is 1120. The lowest BCUT2D eigenvalue weighted by Gasteiger charge is -2.05. The van der Waals surface area contributed by atoms with E-state index >= 15 is 0 Å². The number of aromatic nitrogens is 2. The molecule has 3 heteroatoms. The summed E-state index contributed by atoms with van der Waals surface area (Å²) in [5.41, 5.74) is 10.7. The number of pyridine rings is 2. The number of rotatable bonds is 0. The molecule has 4 aromatic rings. The molecule has 0 aliphatic heterocycles. The number of hydrogen-bond donors (Lipinski definition) is 1. The Morgan fingerprint density at radius 3 is 2.46 bits per heavy atom. The monoisotopic (exact) mass is 309 g/mol. The molecule has 2 aromatic carbocycles. The van der Waals surface area contributed by atoms with Crippen LogP contribution in [0.1, 0.15) is 16.7 Å². The van der Waals surface area contributed by atoms with Crippen LogP contribution in [0.15, 0.2) is 60.8 Å². The SMILES string of the molecule is Cc1ccc(C#Cc2cnc3c(N)nc4ccccc4c3c2)cc1. The second kappa shape index (κ2) is 5.68. The van der Waals surface area contributed by atoms with Gasteiger partial charge < -0.3 is 5.73 Å². The van der Waals surface area contributed by atoms with E-state index in [0.717, 1.165) is 32.9 Å². The van der Waals surface area contributed by atoms with E-state index in [-0.39, 0.29) is 0 Å². The third kappa shape index (κ3) is 2.55. The quantitative estimate of drug-likeness (QED) is 0.393. The zero-order valence-electron chi connectivity index (χ0n) is 13.2. The summed E-state index contributed by atoms with van der Waals surface area (Å²) in [5, 5.41) is 2.02. The Morgan fingerprint density at radius 1 is 0.875 bits per heavy atom. The maximum absolute atomic E-state index is 6.04. The van der Waals surface area contributed by atoms with E-state index in [9.17, 15) is 0 Å². The van der Waals surface area contributed by atoms with Gasteiger partial charge in [0, 0.05) is 28.1 Å². The van der Waals surface area contributed by atoms with Crippen LogP contribution in [-0.2, 0) is 0 Å². The van der Waals surface area contributed by atoms with Crippen molar-refractivity contribution in [2.75, 3.05) is 5.73 Å². The molecule has 0 fully saturated rings. The van der Waals surface area contributed by atoms with Crippen molar-refractivity contribution in [1.29, 1.82) is 0 Å². The van der Waals surface area contributed by atoms with Crippen LogP contribution in [0, 0.1) is 18.8 Å². The molecular weight excluding hydrogens is 294 g/mol. The van der Waals surface area contributed by atoms with Gasteiger partial charge in [0.15, 0.2) is 5.82 Å². The van der Waals surface area contributed by atoms with E-state index in [1.54, 1.807) is 6.20 Å². The normalized spacial score (nSPS) is 10.5. The summed E-state index contributed by atoms with van der Waals surface area (Å²) in [4.78, 5) is 8.88. The van der Waals surface area contributed by atoms with E-state index in [0.29, 0.717) is 5.82 Å². The molecule has 0 amide bonds. The Hall–Kier alpha value is -3.38. The molecule has 0 aliphatic rings. The van der Waals surface area contributed by atoms with Gasteiger partial charge in [-0.25, -0.2) is 4.98 Å². The summed E-state index contributed by atoms with van der Waals surface area (Å²) < 4.78 is 0. The maximum atomic E-state index is 6.04. The van der Waals surface area contributed by atoms with Crippen LogP contribution in [0.3, 0.4) is 0 Å². The molecule has 0 saturated carbocycles. The van der Waals surface area contributed by atoms with Gasteiger partial charge in [-0.15, -0.1) is 0 Å². The van der Waals surface area contributed by atoms with Crippen LogP contribution in [0.2, 0.25) is 0 Å². The standard InChI is InChI=1S/C21H15N3/c1-14-6-8-15(9-7-14)10-11-16-12-18-17-4-2-3-5-19(17)24-21(22)20(18)23-13-16/h2-9,12-13H,1H3,(H2,22,24). The number of aryl methyl sites for hydroxylation is 1. The molecule has 24 heavy (non-hydrogen) atoms. The first-order chi connectivity index (χ1) is 11.7. The Balaban J connectivity index is 1.86. The van der Waals surface area contributed by atoms with Crippen LogP contribution in [0.4, 0.5) is 5.82 Å². The van der Waals surface area contributed by atoms with Crippen molar-refractivity contribution in [1.82, 2.24) is 9.97 Å². The first-order valence-corrected chi connectivity index (χ1v) is 7.73. The molecule has 4 rings (SSSR count). The van der Waals surface area contributed by atoms with Gasteiger partial charge >= 0.3 is 0 Å². The largest absolute Gasteiger partial charge is 0.382 e. The number of nitrogens with zero attached hydrogens (tertiary/aromatic N) is 2. The third-order valence-corrected chi connectivity index (χ3v) is 3.97. The van der Waals surface area contributed by atoms with Crippen molar-refractivity contribution in [2.24, 2.45) is 0 Å². The highest BCUT2D eigenvalue weighted by atomic mass is 14.9. The third-order valence-electron chi connectivity index (χ3n) is 3.97. The van der Waals surface area contributed by atoms with Crippen molar-refractivity contribution in [2.45, 2.75) is 6.92 Å². The number of nitrogens with two attached hydrogens (primary N) is 1. The number of nitrogen functional groups attached to an aromatic ring is 1. The second-order valence-electron chi connectivity index (χ2n) is 5.75. The lowest BCUT2D eigenvalue weighted by atomic mass is 10.1. The van der Waals surface area contributed by atoms with Crippen LogP contribution in [-0.4, -0.2) is 9.97 Å². The smallest absolute Gasteiger partial charge is 0.150 e. The molecule has 0 unspecified atom stereocenters. The summed E-state index contributed by atoms with van der Waals surface area (Å²) in [5.74, 6) is 6.81. The predicted octanol–water partition coefficient (Wildman–Crippen LogP) is 4.07. The summed E-state index contributed by atoms with van der Waals surface area (Å²) >= 11 is 0. The summed E-state index contributed by atoms with van der Waals surface area (Å²) in [7, 11) is 0. The molecule has 0 bridgehead atoms. The highest BCUT2D eigenvalue weighted by molar-refractivity contribution is 6.08. The van der Waals surface area contributed by atoms with Crippen LogP contribution in [0.5, 0.6) is 0 Å². The summed E-state index contributed by atoms with van der Waals surface area (Å²) in [6.07, 6.45) is 1.75. The molecule has 0 atom stereocenters. The Morgan fingerprint density at radius 2 is 1.62 bits per heavy atom. The molecule has 2 aromatic heterocycles. The fourth-order valence-corrected chi connectivity index (χ4v) is 2.71. The first kappa shape index (κ1) is 14.2. The molecule has 0 saturated heterocycles. The average molecular weight is 309 g/mol. The first-order valence-electron chi connectivity index (χ1n) is 7.73. The lowest BCUT2D eigenvalue weighted by molar-refractivity contribution is 1.35. The fraction of sp³-hybridized carbons (Fsp3) is 0.0476. The predicted molar refractivity (Wildman–Crippen MR) is 98.6 cm³/mol. The number of para-hydroxylation sites is 1. The molecule has 0 radical (unpaired) electrons. The van der Waals surface area contributed by atoms with E-state index in [1.165, 1.54) is 5.56 Å². The Labute approximate surface area is 140 Å². The minimum Gasteiger partial charge on any atom is -0.382 e. The molecule has 2 heterocycles. The number of fused-ring (bicyclic) bond motifs is 3. The topological polar surface area (TPSA) is 51.8 Å². The zero-order valence-corrected chi connectivity index (χ0v) is 13.2. The minimum atomic E-state index is 0.446. The van der Waals surface area contributed by atoms with Crippen LogP contribution < -0.4 is 5.73 Å². The van der Waals surface area contributed by atoms with Crippen molar-refractivity contribution in [3.05, 3.63) is 77.5 Å². The van der Waals surface area contributed by atoms with Gasteiger partial charge in [0.05, 0.1) is 5.52 Å². The van der Waals surface area contributed by atoms with Gasteiger partial charge in [-0.1, -0.05) is 47.7 Å². The number of anilines is 1. The summed E-state index contributed by atoms with van der Waals surface area (Å²) in [6, 6.07) is 18.1. The Kier molecular flexibility index (Phi) is 3.36. The van der Waals surface area contributed by atoms with Gasteiger partial charge in [0.1, 0.15) is 5.52 Å². The van der Waals surface area contributed by atoms with Gasteiger partial charge in [-0.05, 0) is 31.2 Å². The van der Waals surface area contributed by atoms with Crippen molar-refractivity contribution in [3.63, 3.8) is 0 Å². The van der Waals surface area contributed by atoms with E-state index in [2.05, 4.69) is 40.9 Å². The molecule has 0 aliphatic carbocycles. The second-order valence-corrected chi connectivity index (χ2v) is 5.75. The van der Waals surface area contributed by atoms with E-state index in [1.807, 2.05) is 42.5 Å². The molecule has 0 spiro atoms. The molecular formula is C21H15N3. The average Bonchev–Trinajstić information content (AvgIpc) is 2.61. The number of benzene rings is 2. The highest BCUT2D eigenvalue weighted by Crippen LogP contribution is 2.26. The molecule has 114 valence electrons. The van der Waals surface area contributed by atoms with E-state index in [4.69, 9.17) is 5.73 Å². The minimum absolute atomic E-state index is 0.446. The van der Waals surface area contributed by atoms with Gasteiger partial charge in [0.2, 0.25) is 0 Å². The van der Waals surface area contributed by atoms with Crippen molar-refractivity contribution in [3.8, 4) is 11.8 Å². The highest BCUT2D eigenvalue weighted by Gasteiger charge is 2.07. The molecule has 3 nitrogen and oxygen atoms in total. The van der Waals surface area contributed by atoms with Gasteiger partial charge in [-0.2, -0.15) is 0 Å². The summed E-state index contributed by atoms with van der Waals surface area (Å²) in [6.45, 7) is 2.06. The molecule has 2 N–H and O–H groups in total. The van der Waals surface area contributed by atoms with Crippen molar-refractivity contribution >= 4 is 27.6 Å². The van der Waals surface area contributed by atoms with Crippen LogP contribution in [0.25, 0.3) is 21.8 Å². The number of hydrogen-bond acceptors (Lipinski definition) is 3. The fourth-order valence-electron chi connectivity index (χ4n) is 2.71. The lowest BCUT2D eigenvalue weighted by Crippen LogP contribution is -1.95. The van der Waals surface area contributed by atoms with Gasteiger partial charge in [0.25, 0.3) is 0 Å².